The first kappa shape index (κ1) is 50.3. The second-order valence-electron chi connectivity index (χ2n) is 19.8. The van der Waals surface area contributed by atoms with E-state index in [4.69, 9.17) is 0 Å². The minimum atomic E-state index is -0.122. The minimum Gasteiger partial charge on any atom is -0.274 e. The highest BCUT2D eigenvalue weighted by atomic mass is 32.1. The average molecular weight is 1050 g/mol. The highest BCUT2D eigenvalue weighted by Gasteiger charge is 2.41. The van der Waals surface area contributed by atoms with Crippen LogP contribution in [0.4, 0.5) is 0 Å². The lowest BCUT2D eigenvalue weighted by molar-refractivity contribution is 0.0653. The molecule has 6 aromatic heterocycles. The maximum Gasteiger partial charge on any atom is 0.271 e. The first-order valence-corrected chi connectivity index (χ1v) is 31.5. The molecule has 9 aromatic rings. The molecule has 368 valence electrons. The summed E-state index contributed by atoms with van der Waals surface area (Å²) in [5, 5.41) is 3.59. The lowest BCUT2D eigenvalue weighted by atomic mass is 9.95. The number of amides is 2. The first-order valence-electron chi connectivity index (χ1n) is 26.6. The van der Waals surface area contributed by atoms with Crippen molar-refractivity contribution >= 4 is 110 Å². The van der Waals surface area contributed by atoms with Gasteiger partial charge in [0.1, 0.15) is 4.88 Å². The predicted octanol–water partition coefficient (Wildman–Crippen LogP) is 21.3. The molecule has 0 radical (unpaired) electrons. The van der Waals surface area contributed by atoms with Crippen LogP contribution in [-0.4, -0.2) is 23.3 Å². The molecule has 71 heavy (non-hydrogen) atoms. The Morgan fingerprint density at radius 3 is 1.55 bits per heavy atom. The number of rotatable bonds is 24. The Labute approximate surface area is 445 Å². The van der Waals surface area contributed by atoms with E-state index < -0.39 is 0 Å². The highest BCUT2D eigenvalue weighted by Crippen LogP contribution is 2.58. The molecule has 0 bridgehead atoms. The fourth-order valence-corrected chi connectivity index (χ4v) is 18.6. The van der Waals surface area contributed by atoms with Crippen molar-refractivity contribution in [3.63, 3.8) is 0 Å². The van der Waals surface area contributed by atoms with Crippen molar-refractivity contribution < 1.29 is 9.59 Å². The second kappa shape index (κ2) is 22.9. The molecule has 2 unspecified atom stereocenters. The molecule has 0 N–H and O–H groups in total. The van der Waals surface area contributed by atoms with Crippen LogP contribution in [0.25, 0.3) is 81.8 Å². The van der Waals surface area contributed by atoms with Gasteiger partial charge in [0.15, 0.2) is 0 Å². The Kier molecular flexibility index (Phi) is 16.2. The van der Waals surface area contributed by atoms with Crippen LogP contribution < -0.4 is 0 Å². The van der Waals surface area contributed by atoms with Crippen LogP contribution in [0, 0.1) is 11.8 Å². The molecule has 2 atom stereocenters. The van der Waals surface area contributed by atoms with Crippen LogP contribution in [0.5, 0.6) is 0 Å². The van der Waals surface area contributed by atoms with Crippen molar-refractivity contribution in [3.8, 4) is 51.5 Å². The molecule has 1 aliphatic rings. The van der Waals surface area contributed by atoms with Gasteiger partial charge in [-0.2, -0.15) is 0 Å². The SMILES string of the molecule is CCCCCCCCN1C(=O)c2sc3c(-c4cc5c(-c6ccc(CC(CC)CCCC)s6)c6sc(-c7ccccc7)cc6c(-c6ccc(CC(CC)CCCC)s6)c5s4)sc(-c4ccccc4)c3c2C1=O. The summed E-state index contributed by atoms with van der Waals surface area (Å²) in [6.07, 6.45) is 18.9. The van der Waals surface area contributed by atoms with Gasteiger partial charge in [0, 0.05) is 77.4 Å². The smallest absolute Gasteiger partial charge is 0.271 e. The van der Waals surface area contributed by atoms with E-state index in [9.17, 15) is 9.59 Å². The molecule has 7 heterocycles. The summed E-state index contributed by atoms with van der Waals surface area (Å²) in [6.45, 7) is 12.1. The first-order chi connectivity index (χ1) is 34.8. The van der Waals surface area contributed by atoms with Gasteiger partial charge in [-0.15, -0.1) is 68.0 Å². The van der Waals surface area contributed by atoms with Gasteiger partial charge in [-0.3, -0.25) is 14.5 Å². The van der Waals surface area contributed by atoms with Crippen molar-refractivity contribution in [1.29, 1.82) is 0 Å². The van der Waals surface area contributed by atoms with E-state index in [1.54, 1.807) is 27.6 Å². The lowest BCUT2D eigenvalue weighted by Gasteiger charge is -2.13. The number of imide groups is 1. The molecule has 0 fully saturated rings. The summed E-state index contributed by atoms with van der Waals surface area (Å²) in [7, 11) is 0. The van der Waals surface area contributed by atoms with Crippen molar-refractivity contribution in [2.45, 2.75) is 137 Å². The molecule has 2 amide bonds. The van der Waals surface area contributed by atoms with Gasteiger partial charge in [0.25, 0.3) is 11.8 Å². The Morgan fingerprint density at radius 2 is 0.972 bits per heavy atom. The van der Waals surface area contributed by atoms with E-state index in [-0.39, 0.29) is 11.8 Å². The van der Waals surface area contributed by atoms with Crippen LogP contribution in [0.3, 0.4) is 0 Å². The molecule has 3 aromatic carbocycles. The third kappa shape index (κ3) is 10.2. The van der Waals surface area contributed by atoms with Gasteiger partial charge in [0.2, 0.25) is 0 Å². The zero-order valence-electron chi connectivity index (χ0n) is 42.1. The summed E-state index contributed by atoms with van der Waals surface area (Å²) < 4.78 is 3.74. The van der Waals surface area contributed by atoms with E-state index in [0.29, 0.717) is 28.8 Å². The Morgan fingerprint density at radius 1 is 0.437 bits per heavy atom. The van der Waals surface area contributed by atoms with Crippen molar-refractivity contribution in [2.24, 2.45) is 11.8 Å². The number of hydrogen-bond acceptors (Lipinski definition) is 8. The van der Waals surface area contributed by atoms with Crippen LogP contribution >= 0.6 is 68.0 Å². The Hall–Kier alpha value is -4.22. The quantitative estimate of drug-likeness (QED) is 0.0447. The number of benzene rings is 3. The van der Waals surface area contributed by atoms with Crippen LogP contribution in [-0.2, 0) is 12.8 Å². The van der Waals surface area contributed by atoms with Crippen molar-refractivity contribution in [1.82, 2.24) is 4.90 Å². The van der Waals surface area contributed by atoms with Crippen molar-refractivity contribution in [3.05, 3.63) is 117 Å². The highest BCUT2D eigenvalue weighted by molar-refractivity contribution is 7.33. The largest absolute Gasteiger partial charge is 0.274 e. The summed E-state index contributed by atoms with van der Waals surface area (Å²) in [6, 6.07) is 36.1. The third-order valence-electron chi connectivity index (χ3n) is 14.8. The summed E-state index contributed by atoms with van der Waals surface area (Å²) in [5.74, 6) is 1.15. The molecule has 0 saturated carbocycles. The standard InChI is InChI=1S/C62H67NO2S6/c1-6-11-14-15-16-23-34-63-61(64)54-53-55(42-28-21-18-22-29-42)70-58(59(53)71-60(54)62(63)65)50-38-46-52(48-33-31-44(67-48)36-40(10-5)25-13-8-3)56-45(37-49(68-56)41-26-19-17-20-27-41)51(57(46)69-50)47-32-30-43(66-47)35-39(9-4)24-12-7-2/h17-22,26-33,37-40H,6-16,23-25,34-36H2,1-5H3. The second-order valence-corrected chi connectivity index (χ2v) is 26.2. The van der Waals surface area contributed by atoms with Gasteiger partial charge in [-0.05, 0) is 78.6 Å². The number of fused-ring (bicyclic) bond motifs is 5. The number of carbonyl (C=O) groups is 2. The molecule has 0 spiro atoms. The topological polar surface area (TPSA) is 37.4 Å². The predicted molar refractivity (Wildman–Crippen MR) is 316 cm³/mol. The fourth-order valence-electron chi connectivity index (χ4n) is 10.7. The van der Waals surface area contributed by atoms with E-state index in [1.165, 1.54) is 137 Å². The normalized spacial score (nSPS) is 13.7. The zero-order chi connectivity index (χ0) is 49.0. The van der Waals surface area contributed by atoms with Gasteiger partial charge in [-0.25, -0.2) is 0 Å². The van der Waals surface area contributed by atoms with Gasteiger partial charge >= 0.3 is 0 Å². The molecule has 0 saturated heterocycles. The average Bonchev–Trinajstić information content (AvgIpc) is 4.28. The maximum atomic E-state index is 14.6. The van der Waals surface area contributed by atoms with Crippen LogP contribution in [0.1, 0.15) is 154 Å². The number of unbranched alkanes of at least 4 members (excludes halogenated alkanes) is 7. The summed E-state index contributed by atoms with van der Waals surface area (Å²) in [4.78, 5) is 41.4. The van der Waals surface area contributed by atoms with Gasteiger partial charge in [0.05, 0.1) is 15.1 Å². The summed E-state index contributed by atoms with van der Waals surface area (Å²) in [5.41, 5.74) is 5.64. The maximum absolute atomic E-state index is 14.6. The molecule has 0 aliphatic carbocycles. The zero-order valence-corrected chi connectivity index (χ0v) is 47.0. The number of thiophene rings is 6. The lowest BCUT2D eigenvalue weighted by Crippen LogP contribution is -2.30. The molecular formula is C62H67NO2S6. The number of hydrogen-bond donors (Lipinski definition) is 0. The van der Waals surface area contributed by atoms with E-state index in [0.717, 1.165) is 57.5 Å². The Bertz CT molecular complexity index is 3150. The monoisotopic (exact) mass is 1050 g/mol. The summed E-state index contributed by atoms with van der Waals surface area (Å²) >= 11 is 11.2. The minimum absolute atomic E-state index is 0.118. The molecule has 3 nitrogen and oxygen atoms in total. The molecular weight excluding hydrogens is 983 g/mol. The molecule has 1 aliphatic heterocycles. The Balaban J connectivity index is 1.17. The van der Waals surface area contributed by atoms with Crippen molar-refractivity contribution in [2.75, 3.05) is 6.54 Å². The van der Waals surface area contributed by atoms with E-state index >= 15 is 0 Å². The number of nitrogens with zero attached hydrogens (tertiary/aromatic N) is 1. The number of carbonyl (C=O) groups excluding carboxylic acids is 2. The van der Waals surface area contributed by atoms with Gasteiger partial charge < -0.3 is 0 Å². The molecule has 9 heteroatoms. The van der Waals surface area contributed by atoms with Gasteiger partial charge in [-0.1, -0.05) is 179 Å². The van der Waals surface area contributed by atoms with E-state index in [1.807, 2.05) is 45.3 Å². The van der Waals surface area contributed by atoms with Crippen LogP contribution in [0.15, 0.2) is 97.1 Å². The fraction of sp³-hybridized carbons (Fsp3) is 0.387. The van der Waals surface area contributed by atoms with E-state index in [2.05, 4.69) is 132 Å². The third-order valence-corrected chi connectivity index (χ3v) is 22.2. The van der Waals surface area contributed by atoms with Crippen LogP contribution in [0.2, 0.25) is 0 Å². The molecule has 10 rings (SSSR count).